The first-order chi connectivity index (χ1) is 10.0. The molecule has 0 radical (unpaired) electrons. The van der Waals surface area contributed by atoms with Crippen LogP contribution in [0.4, 0.5) is 0 Å². The van der Waals surface area contributed by atoms with Gasteiger partial charge in [0.25, 0.3) is 0 Å². The second kappa shape index (κ2) is 7.39. The summed E-state index contributed by atoms with van der Waals surface area (Å²) in [5.41, 5.74) is 1.00. The van der Waals surface area contributed by atoms with Crippen molar-refractivity contribution in [1.29, 1.82) is 0 Å². The van der Waals surface area contributed by atoms with E-state index in [1.807, 2.05) is 30.3 Å². The van der Waals surface area contributed by atoms with Crippen molar-refractivity contribution in [2.45, 2.75) is 58.4 Å². The molecule has 4 atom stereocenters. The quantitative estimate of drug-likeness (QED) is 0.904. The van der Waals surface area contributed by atoms with Gasteiger partial charge < -0.3 is 9.84 Å². The molecule has 0 saturated carbocycles. The fraction of sp³-hybridized carbons (Fsp3) is 0.667. The second-order valence-electron chi connectivity index (χ2n) is 6.49. The Morgan fingerprint density at radius 3 is 2.52 bits per heavy atom. The van der Waals surface area contributed by atoms with Crippen LogP contribution in [-0.4, -0.2) is 41.3 Å². The molecule has 4 unspecified atom stereocenters. The van der Waals surface area contributed by atoms with Gasteiger partial charge in [-0.1, -0.05) is 51.1 Å². The number of ether oxygens (including phenoxy) is 1. The van der Waals surface area contributed by atoms with Gasteiger partial charge in [-0.25, -0.2) is 0 Å². The van der Waals surface area contributed by atoms with Crippen molar-refractivity contribution in [3.8, 4) is 0 Å². The lowest BCUT2D eigenvalue weighted by atomic mass is 9.89. The Kier molecular flexibility index (Phi) is 5.80. The van der Waals surface area contributed by atoms with Crippen LogP contribution in [0.25, 0.3) is 0 Å². The van der Waals surface area contributed by atoms with Gasteiger partial charge in [0.1, 0.15) is 0 Å². The van der Waals surface area contributed by atoms with Crippen molar-refractivity contribution in [3.05, 3.63) is 35.9 Å². The molecule has 1 aliphatic rings. The van der Waals surface area contributed by atoms with E-state index in [9.17, 15) is 5.11 Å². The Morgan fingerprint density at radius 2 is 1.95 bits per heavy atom. The summed E-state index contributed by atoms with van der Waals surface area (Å²) in [7, 11) is 0. The van der Waals surface area contributed by atoms with E-state index in [0.717, 1.165) is 25.1 Å². The Morgan fingerprint density at radius 1 is 1.29 bits per heavy atom. The van der Waals surface area contributed by atoms with Gasteiger partial charge >= 0.3 is 0 Å². The first kappa shape index (κ1) is 16.5. The van der Waals surface area contributed by atoms with Crippen LogP contribution < -0.4 is 0 Å². The maximum absolute atomic E-state index is 10.9. The minimum absolute atomic E-state index is 0.128. The average molecular weight is 291 g/mol. The second-order valence-corrected chi connectivity index (χ2v) is 6.49. The highest BCUT2D eigenvalue weighted by atomic mass is 16.5. The molecule has 0 amide bonds. The summed E-state index contributed by atoms with van der Waals surface area (Å²) in [6.45, 7) is 10.4. The number of aliphatic hydroxyl groups excluding tert-OH is 1. The van der Waals surface area contributed by atoms with E-state index in [1.165, 1.54) is 0 Å². The number of nitrogens with zero attached hydrogens (tertiary/aromatic N) is 1. The molecule has 0 bridgehead atoms. The smallest absolute Gasteiger partial charge is 0.0947 e. The van der Waals surface area contributed by atoms with Crippen molar-refractivity contribution in [2.24, 2.45) is 5.92 Å². The molecule has 21 heavy (non-hydrogen) atoms. The summed E-state index contributed by atoms with van der Waals surface area (Å²) < 4.78 is 5.80. The van der Waals surface area contributed by atoms with Gasteiger partial charge in [0.2, 0.25) is 0 Å². The fourth-order valence-electron chi connectivity index (χ4n) is 3.36. The predicted molar refractivity (Wildman–Crippen MR) is 86.2 cm³/mol. The molecule has 1 saturated heterocycles. The van der Waals surface area contributed by atoms with Crippen LogP contribution in [-0.2, 0) is 4.74 Å². The standard InChI is InChI=1S/C18H29NO2/c1-5-16-12-21-14(4)11-19(16)17(13(2)3)18(20)15-9-7-6-8-10-15/h6-10,13-14,16-18,20H,5,11-12H2,1-4H3. The van der Waals surface area contributed by atoms with Crippen LogP contribution >= 0.6 is 0 Å². The summed E-state index contributed by atoms with van der Waals surface area (Å²) in [4.78, 5) is 2.47. The lowest BCUT2D eigenvalue weighted by Gasteiger charge is -2.46. The SMILES string of the molecule is CCC1COC(C)CN1C(C(C)C)C(O)c1ccccc1. The van der Waals surface area contributed by atoms with Crippen molar-refractivity contribution in [1.82, 2.24) is 4.90 Å². The highest BCUT2D eigenvalue weighted by molar-refractivity contribution is 5.19. The Balaban J connectivity index is 2.24. The van der Waals surface area contributed by atoms with Crippen LogP contribution in [0.5, 0.6) is 0 Å². The van der Waals surface area contributed by atoms with Gasteiger partial charge in [0, 0.05) is 18.6 Å². The van der Waals surface area contributed by atoms with Gasteiger partial charge in [0.15, 0.2) is 0 Å². The minimum Gasteiger partial charge on any atom is -0.387 e. The summed E-state index contributed by atoms with van der Waals surface area (Å²) in [5.74, 6) is 0.388. The monoisotopic (exact) mass is 291 g/mol. The van der Waals surface area contributed by atoms with Gasteiger partial charge in [-0.05, 0) is 24.8 Å². The topological polar surface area (TPSA) is 32.7 Å². The van der Waals surface area contributed by atoms with E-state index in [-0.39, 0.29) is 12.1 Å². The van der Waals surface area contributed by atoms with Crippen molar-refractivity contribution in [3.63, 3.8) is 0 Å². The number of benzene rings is 1. The number of hydrogen-bond acceptors (Lipinski definition) is 3. The first-order valence-electron chi connectivity index (χ1n) is 8.15. The molecule has 0 aromatic heterocycles. The van der Waals surface area contributed by atoms with Gasteiger partial charge in [0.05, 0.1) is 18.8 Å². The largest absolute Gasteiger partial charge is 0.387 e. The molecule has 1 heterocycles. The molecule has 1 aromatic carbocycles. The van der Waals surface area contributed by atoms with Crippen LogP contribution in [0, 0.1) is 5.92 Å². The van der Waals surface area contributed by atoms with Gasteiger partial charge in [-0.15, -0.1) is 0 Å². The van der Waals surface area contributed by atoms with E-state index >= 15 is 0 Å². The zero-order valence-corrected chi connectivity index (χ0v) is 13.7. The van der Waals surface area contributed by atoms with E-state index in [4.69, 9.17) is 4.74 Å². The maximum atomic E-state index is 10.9. The predicted octanol–water partition coefficient (Wildman–Crippen LogP) is 3.24. The molecule has 1 aromatic rings. The van der Waals surface area contributed by atoms with E-state index in [1.54, 1.807) is 0 Å². The number of rotatable bonds is 5. The normalized spacial score (nSPS) is 26.8. The molecule has 2 rings (SSSR count). The highest BCUT2D eigenvalue weighted by Gasteiger charge is 2.37. The number of aliphatic hydroxyl groups is 1. The van der Waals surface area contributed by atoms with Crippen molar-refractivity contribution < 1.29 is 9.84 Å². The van der Waals surface area contributed by atoms with Crippen molar-refractivity contribution >= 4 is 0 Å². The summed E-state index contributed by atoms with van der Waals surface area (Å²) in [5, 5.41) is 10.9. The number of morpholine rings is 1. The lowest BCUT2D eigenvalue weighted by molar-refractivity contribution is -0.103. The Labute approximate surface area is 128 Å². The van der Waals surface area contributed by atoms with Crippen LogP contribution in [0.15, 0.2) is 30.3 Å². The van der Waals surface area contributed by atoms with Crippen molar-refractivity contribution in [2.75, 3.05) is 13.2 Å². The Hall–Kier alpha value is -0.900. The van der Waals surface area contributed by atoms with E-state index < -0.39 is 6.10 Å². The molecule has 0 aliphatic carbocycles. The van der Waals surface area contributed by atoms with Gasteiger partial charge in [-0.3, -0.25) is 4.90 Å². The molecule has 3 nitrogen and oxygen atoms in total. The molecular weight excluding hydrogens is 262 g/mol. The third-order valence-corrected chi connectivity index (χ3v) is 4.51. The lowest BCUT2D eigenvalue weighted by Crippen LogP contribution is -2.56. The van der Waals surface area contributed by atoms with Gasteiger partial charge in [-0.2, -0.15) is 0 Å². The fourth-order valence-corrected chi connectivity index (χ4v) is 3.36. The summed E-state index contributed by atoms with van der Waals surface area (Å²) in [6.07, 6.45) is 0.833. The molecule has 1 aliphatic heterocycles. The highest BCUT2D eigenvalue weighted by Crippen LogP contribution is 2.30. The third kappa shape index (κ3) is 3.85. The Bertz CT molecular complexity index is 420. The zero-order chi connectivity index (χ0) is 15.4. The van der Waals surface area contributed by atoms with Crippen LogP contribution in [0.2, 0.25) is 0 Å². The minimum atomic E-state index is -0.453. The third-order valence-electron chi connectivity index (χ3n) is 4.51. The average Bonchev–Trinajstić information content (AvgIpc) is 2.48. The molecule has 118 valence electrons. The maximum Gasteiger partial charge on any atom is 0.0947 e. The van der Waals surface area contributed by atoms with E-state index in [2.05, 4.69) is 32.6 Å². The molecule has 3 heteroatoms. The van der Waals surface area contributed by atoms with Crippen LogP contribution in [0.1, 0.15) is 45.8 Å². The molecule has 0 spiro atoms. The summed E-state index contributed by atoms with van der Waals surface area (Å²) in [6, 6.07) is 10.5. The number of hydrogen-bond donors (Lipinski definition) is 1. The molecular formula is C18H29NO2. The molecule has 1 N–H and O–H groups in total. The molecule has 1 fully saturated rings. The first-order valence-corrected chi connectivity index (χ1v) is 8.15. The van der Waals surface area contributed by atoms with E-state index in [0.29, 0.717) is 12.0 Å². The zero-order valence-electron chi connectivity index (χ0n) is 13.7. The van der Waals surface area contributed by atoms with Crippen LogP contribution in [0.3, 0.4) is 0 Å². The summed E-state index contributed by atoms with van der Waals surface area (Å²) >= 11 is 0.